The predicted molar refractivity (Wildman–Crippen MR) is 65.5 cm³/mol. The van der Waals surface area contributed by atoms with Crippen molar-refractivity contribution < 1.29 is 13.2 Å². The van der Waals surface area contributed by atoms with Crippen LogP contribution in [-0.4, -0.2) is 19.0 Å². The van der Waals surface area contributed by atoms with Gasteiger partial charge in [0, 0.05) is 32.5 Å². The Labute approximate surface area is 109 Å². The lowest BCUT2D eigenvalue weighted by Gasteiger charge is -2.33. The van der Waals surface area contributed by atoms with Crippen LogP contribution in [-0.2, 0) is 6.54 Å². The Bertz CT molecular complexity index is 416. The van der Waals surface area contributed by atoms with Gasteiger partial charge < -0.3 is 4.90 Å². The molecule has 0 unspecified atom stereocenters. The summed E-state index contributed by atoms with van der Waals surface area (Å²) in [5.74, 6) is -3.01. The van der Waals surface area contributed by atoms with Crippen LogP contribution in [0.15, 0.2) is 18.2 Å². The van der Waals surface area contributed by atoms with E-state index in [4.69, 9.17) is 11.8 Å². The first-order chi connectivity index (χ1) is 8.52. The number of piperidine rings is 1. The van der Waals surface area contributed by atoms with E-state index in [-0.39, 0.29) is 25.9 Å². The second-order valence-electron chi connectivity index (χ2n) is 4.44. The molecule has 1 aliphatic rings. The van der Waals surface area contributed by atoms with E-state index in [2.05, 4.69) is 4.84 Å². The molecule has 2 rings (SSSR count). The maximum absolute atomic E-state index is 13.9. The molecule has 0 atom stereocenters. The van der Waals surface area contributed by atoms with Gasteiger partial charge in [0.25, 0.3) is 5.92 Å². The lowest BCUT2D eigenvalue weighted by molar-refractivity contribution is -0.0221. The SMILES string of the molecule is Fc1cc(CNCl)ccc1N1CCC(F)(F)CC1. The van der Waals surface area contributed by atoms with Crippen LogP contribution in [0.5, 0.6) is 0 Å². The third-order valence-corrected chi connectivity index (χ3v) is 3.25. The van der Waals surface area contributed by atoms with Crippen molar-refractivity contribution in [2.24, 2.45) is 0 Å². The largest absolute Gasteiger partial charge is 0.369 e. The van der Waals surface area contributed by atoms with Gasteiger partial charge in [0.05, 0.1) is 5.69 Å². The van der Waals surface area contributed by atoms with Crippen molar-refractivity contribution in [3.63, 3.8) is 0 Å². The third-order valence-electron chi connectivity index (χ3n) is 3.12. The summed E-state index contributed by atoms with van der Waals surface area (Å²) in [7, 11) is 0. The Morgan fingerprint density at radius 2 is 1.94 bits per heavy atom. The topological polar surface area (TPSA) is 15.3 Å². The van der Waals surface area contributed by atoms with Crippen LogP contribution in [0.25, 0.3) is 0 Å². The highest BCUT2D eigenvalue weighted by Crippen LogP contribution is 2.31. The molecule has 0 saturated carbocycles. The highest BCUT2D eigenvalue weighted by atomic mass is 35.5. The molecule has 0 aliphatic carbocycles. The van der Waals surface area contributed by atoms with E-state index in [0.717, 1.165) is 0 Å². The van der Waals surface area contributed by atoms with E-state index < -0.39 is 11.7 Å². The summed E-state index contributed by atoms with van der Waals surface area (Å²) in [4.78, 5) is 4.07. The minimum atomic E-state index is -2.62. The first-order valence-corrected chi connectivity index (χ1v) is 6.14. The normalized spacial score (nSPS) is 19.0. The third kappa shape index (κ3) is 3.09. The van der Waals surface area contributed by atoms with Crippen molar-refractivity contribution >= 4 is 17.5 Å². The molecule has 1 aromatic carbocycles. The highest BCUT2D eigenvalue weighted by Gasteiger charge is 2.34. The number of nitrogens with zero attached hydrogens (tertiary/aromatic N) is 1. The first kappa shape index (κ1) is 13.5. The van der Waals surface area contributed by atoms with Crippen LogP contribution in [0, 0.1) is 5.82 Å². The molecule has 0 amide bonds. The number of benzene rings is 1. The number of halogens is 4. The molecule has 18 heavy (non-hydrogen) atoms. The van der Waals surface area contributed by atoms with E-state index in [1.54, 1.807) is 17.0 Å². The molecular formula is C12H14ClF3N2. The quantitative estimate of drug-likeness (QED) is 0.854. The van der Waals surface area contributed by atoms with E-state index >= 15 is 0 Å². The average Bonchev–Trinajstić information content (AvgIpc) is 2.31. The van der Waals surface area contributed by atoms with Gasteiger partial charge in [-0.25, -0.2) is 18.0 Å². The standard InChI is InChI=1S/C12H14ClF3N2/c13-17-8-9-1-2-11(10(14)7-9)18-5-3-12(15,16)4-6-18/h1-2,7,17H,3-6,8H2. The van der Waals surface area contributed by atoms with E-state index in [9.17, 15) is 13.2 Å². The predicted octanol–water partition coefficient (Wildman–Crippen LogP) is 3.30. The molecule has 0 bridgehead atoms. The highest BCUT2D eigenvalue weighted by molar-refractivity contribution is 6.13. The van der Waals surface area contributed by atoms with Crippen LogP contribution < -0.4 is 9.74 Å². The monoisotopic (exact) mass is 278 g/mol. The summed E-state index contributed by atoms with van der Waals surface area (Å²) in [6.07, 6.45) is -0.450. The lowest BCUT2D eigenvalue weighted by Crippen LogP contribution is -2.39. The number of hydrogen-bond acceptors (Lipinski definition) is 2. The molecule has 0 radical (unpaired) electrons. The Balaban J connectivity index is 2.10. The zero-order valence-corrected chi connectivity index (χ0v) is 10.5. The molecule has 0 aromatic heterocycles. The minimum Gasteiger partial charge on any atom is -0.369 e. The maximum Gasteiger partial charge on any atom is 0.251 e. The Morgan fingerprint density at radius 3 is 2.50 bits per heavy atom. The summed E-state index contributed by atoms with van der Waals surface area (Å²) in [6.45, 7) is 0.713. The summed E-state index contributed by atoms with van der Waals surface area (Å²) >= 11 is 5.34. The van der Waals surface area contributed by atoms with Gasteiger partial charge in [-0.15, -0.1) is 0 Å². The second kappa shape index (κ2) is 5.36. The number of hydrogen-bond donors (Lipinski definition) is 1. The van der Waals surface area contributed by atoms with Gasteiger partial charge >= 0.3 is 0 Å². The fourth-order valence-electron chi connectivity index (χ4n) is 2.07. The van der Waals surface area contributed by atoms with Crippen molar-refractivity contribution in [3.8, 4) is 0 Å². The molecule has 0 spiro atoms. The number of rotatable bonds is 3. The van der Waals surface area contributed by atoms with Crippen molar-refractivity contribution in [1.82, 2.24) is 4.84 Å². The van der Waals surface area contributed by atoms with Crippen molar-refractivity contribution in [2.75, 3.05) is 18.0 Å². The van der Waals surface area contributed by atoms with Crippen LogP contribution >= 0.6 is 11.8 Å². The van der Waals surface area contributed by atoms with Gasteiger partial charge in [-0.05, 0) is 29.5 Å². The van der Waals surface area contributed by atoms with Gasteiger partial charge in [-0.3, -0.25) is 0 Å². The van der Waals surface area contributed by atoms with Crippen LogP contribution in [0.1, 0.15) is 18.4 Å². The zero-order valence-electron chi connectivity index (χ0n) is 9.73. The summed E-state index contributed by atoms with van der Waals surface area (Å²) in [5.41, 5.74) is 1.09. The molecule has 1 fully saturated rings. The van der Waals surface area contributed by atoms with Gasteiger partial charge in [0.15, 0.2) is 0 Å². The van der Waals surface area contributed by atoms with E-state index in [1.807, 2.05) is 0 Å². The fraction of sp³-hybridized carbons (Fsp3) is 0.500. The molecular weight excluding hydrogens is 265 g/mol. The van der Waals surface area contributed by atoms with Gasteiger partial charge in [-0.2, -0.15) is 0 Å². The van der Waals surface area contributed by atoms with E-state index in [1.165, 1.54) is 6.07 Å². The molecule has 100 valence electrons. The molecule has 2 nitrogen and oxygen atoms in total. The summed E-state index contributed by atoms with van der Waals surface area (Å²) < 4.78 is 39.9. The van der Waals surface area contributed by atoms with Gasteiger partial charge in [0.2, 0.25) is 0 Å². The van der Waals surface area contributed by atoms with Crippen LogP contribution in [0.4, 0.5) is 18.9 Å². The van der Waals surface area contributed by atoms with Crippen molar-refractivity contribution in [1.29, 1.82) is 0 Å². The summed E-state index contributed by atoms with van der Waals surface area (Å²) in [6, 6.07) is 4.72. The molecule has 1 aliphatic heterocycles. The molecule has 1 saturated heterocycles. The molecule has 1 N–H and O–H groups in total. The second-order valence-corrected chi connectivity index (χ2v) is 4.71. The Morgan fingerprint density at radius 1 is 1.28 bits per heavy atom. The maximum atomic E-state index is 13.9. The number of nitrogens with one attached hydrogen (secondary N) is 1. The number of alkyl halides is 2. The van der Waals surface area contributed by atoms with Crippen LogP contribution in [0.3, 0.4) is 0 Å². The summed E-state index contributed by atoms with van der Waals surface area (Å²) in [5, 5.41) is 0. The average molecular weight is 279 g/mol. The van der Waals surface area contributed by atoms with Crippen molar-refractivity contribution in [3.05, 3.63) is 29.6 Å². The molecule has 1 aromatic rings. The van der Waals surface area contributed by atoms with E-state index in [0.29, 0.717) is 17.8 Å². The fourth-order valence-corrected chi connectivity index (χ4v) is 2.22. The van der Waals surface area contributed by atoms with Gasteiger partial charge in [0.1, 0.15) is 5.82 Å². The smallest absolute Gasteiger partial charge is 0.251 e. The molecule has 6 heteroatoms. The lowest BCUT2D eigenvalue weighted by atomic mass is 10.1. The minimum absolute atomic E-state index is 0.178. The Kier molecular flexibility index (Phi) is 4.02. The first-order valence-electron chi connectivity index (χ1n) is 5.76. The van der Waals surface area contributed by atoms with Crippen molar-refractivity contribution in [2.45, 2.75) is 25.3 Å². The Hall–Kier alpha value is -0.940. The number of anilines is 1. The zero-order chi connectivity index (χ0) is 13.2. The van der Waals surface area contributed by atoms with Crippen LogP contribution in [0.2, 0.25) is 0 Å². The van der Waals surface area contributed by atoms with Gasteiger partial charge in [-0.1, -0.05) is 6.07 Å². The molecule has 1 heterocycles.